The van der Waals surface area contributed by atoms with E-state index in [4.69, 9.17) is 22.0 Å². The molecule has 1 aromatic carbocycles. The van der Waals surface area contributed by atoms with Crippen LogP contribution in [-0.4, -0.2) is 17.8 Å². The topological polar surface area (TPSA) is 56.0 Å². The van der Waals surface area contributed by atoms with Crippen molar-refractivity contribution in [3.05, 3.63) is 28.3 Å². The summed E-state index contributed by atoms with van der Waals surface area (Å²) in [4.78, 5) is 0. The number of aliphatic hydroxyl groups excluding tert-OH is 1. The van der Waals surface area contributed by atoms with Gasteiger partial charge in [0.05, 0.1) is 10.6 Å². The van der Waals surface area contributed by atoms with Crippen molar-refractivity contribution in [2.75, 3.05) is 11.9 Å². The molecular weight excluding hydrogens is 224 g/mol. The fourth-order valence-corrected chi connectivity index (χ4v) is 1.67. The zero-order valence-electron chi connectivity index (χ0n) is 9.42. The van der Waals surface area contributed by atoms with Gasteiger partial charge in [-0.15, -0.1) is 0 Å². The largest absolute Gasteiger partial charge is 0.396 e. The molecule has 1 aromatic rings. The SMILES string of the molecule is Cc1c(N[C@@H](C)CCO)ccc(C#N)c1Cl. The molecule has 0 aliphatic heterocycles. The van der Waals surface area contributed by atoms with Gasteiger partial charge in [-0.3, -0.25) is 0 Å². The van der Waals surface area contributed by atoms with Gasteiger partial charge >= 0.3 is 0 Å². The van der Waals surface area contributed by atoms with Crippen LogP contribution < -0.4 is 5.32 Å². The molecule has 1 rings (SSSR count). The van der Waals surface area contributed by atoms with Gasteiger partial charge in [-0.2, -0.15) is 5.26 Å². The summed E-state index contributed by atoms with van der Waals surface area (Å²) >= 11 is 6.05. The van der Waals surface area contributed by atoms with Crippen molar-refractivity contribution in [1.29, 1.82) is 5.26 Å². The number of rotatable bonds is 4. The normalized spacial score (nSPS) is 11.9. The van der Waals surface area contributed by atoms with Crippen molar-refractivity contribution < 1.29 is 5.11 Å². The first kappa shape index (κ1) is 12.8. The second-order valence-corrected chi connectivity index (χ2v) is 4.15. The number of hydrogen-bond donors (Lipinski definition) is 2. The number of nitrogens with zero attached hydrogens (tertiary/aromatic N) is 1. The number of anilines is 1. The van der Waals surface area contributed by atoms with Gasteiger partial charge in [0.2, 0.25) is 0 Å². The number of nitrogens with one attached hydrogen (secondary N) is 1. The van der Waals surface area contributed by atoms with E-state index in [1.54, 1.807) is 6.07 Å². The highest BCUT2D eigenvalue weighted by Gasteiger charge is 2.09. The maximum absolute atomic E-state index is 8.81. The molecule has 0 saturated heterocycles. The number of halogens is 1. The summed E-state index contributed by atoms with van der Waals surface area (Å²) in [6, 6.07) is 5.75. The van der Waals surface area contributed by atoms with Gasteiger partial charge in [-0.05, 0) is 38.0 Å². The van der Waals surface area contributed by atoms with E-state index in [0.29, 0.717) is 17.0 Å². The lowest BCUT2D eigenvalue weighted by Crippen LogP contribution is -2.17. The lowest BCUT2D eigenvalue weighted by Gasteiger charge is -2.17. The third kappa shape index (κ3) is 2.88. The first-order valence-electron chi connectivity index (χ1n) is 5.16. The van der Waals surface area contributed by atoms with Gasteiger partial charge in [0.1, 0.15) is 6.07 Å². The van der Waals surface area contributed by atoms with Crippen LogP contribution in [0.25, 0.3) is 0 Å². The Bertz CT molecular complexity index is 412. The summed E-state index contributed by atoms with van der Waals surface area (Å²) in [6.07, 6.45) is 0.678. The molecule has 0 aromatic heterocycles. The smallest absolute Gasteiger partial charge is 0.101 e. The number of aliphatic hydroxyl groups is 1. The monoisotopic (exact) mass is 238 g/mol. The number of nitriles is 1. The van der Waals surface area contributed by atoms with Crippen LogP contribution in [0.5, 0.6) is 0 Å². The molecule has 0 saturated carbocycles. The van der Waals surface area contributed by atoms with E-state index >= 15 is 0 Å². The average Bonchev–Trinajstić information content (AvgIpc) is 2.25. The third-order valence-corrected chi connectivity index (χ3v) is 2.96. The van der Waals surface area contributed by atoms with Crippen molar-refractivity contribution in [1.82, 2.24) is 0 Å². The van der Waals surface area contributed by atoms with Gasteiger partial charge in [0.25, 0.3) is 0 Å². The maximum atomic E-state index is 8.81. The summed E-state index contributed by atoms with van der Waals surface area (Å²) in [6.45, 7) is 4.01. The predicted molar refractivity (Wildman–Crippen MR) is 65.7 cm³/mol. The van der Waals surface area contributed by atoms with Gasteiger partial charge in [0.15, 0.2) is 0 Å². The number of hydrogen-bond acceptors (Lipinski definition) is 3. The van der Waals surface area contributed by atoms with E-state index in [9.17, 15) is 0 Å². The van der Waals surface area contributed by atoms with Gasteiger partial charge in [-0.1, -0.05) is 11.6 Å². The molecule has 0 heterocycles. The molecule has 0 radical (unpaired) electrons. The Hall–Kier alpha value is -1.24. The highest BCUT2D eigenvalue weighted by atomic mass is 35.5. The van der Waals surface area contributed by atoms with Crippen LogP contribution in [0, 0.1) is 18.3 Å². The summed E-state index contributed by atoms with van der Waals surface area (Å²) in [5, 5.41) is 21.4. The second kappa shape index (κ2) is 5.74. The molecule has 0 amide bonds. The van der Waals surface area contributed by atoms with Gasteiger partial charge in [-0.25, -0.2) is 0 Å². The molecule has 0 bridgehead atoms. The highest BCUT2D eigenvalue weighted by Crippen LogP contribution is 2.27. The molecule has 86 valence electrons. The van der Waals surface area contributed by atoms with E-state index in [1.807, 2.05) is 26.0 Å². The van der Waals surface area contributed by atoms with Crippen LogP contribution in [0.1, 0.15) is 24.5 Å². The molecule has 2 N–H and O–H groups in total. The Labute approximate surface area is 101 Å². The fourth-order valence-electron chi connectivity index (χ4n) is 1.46. The first-order chi connectivity index (χ1) is 7.60. The van der Waals surface area contributed by atoms with Gasteiger partial charge < -0.3 is 10.4 Å². The minimum Gasteiger partial charge on any atom is -0.396 e. The molecule has 16 heavy (non-hydrogen) atoms. The molecule has 3 nitrogen and oxygen atoms in total. The van der Waals surface area contributed by atoms with E-state index in [-0.39, 0.29) is 12.6 Å². The predicted octanol–water partition coefficient (Wildman–Crippen LogP) is 2.70. The Balaban J connectivity index is 2.91. The number of benzene rings is 1. The Kier molecular flexibility index (Phi) is 4.60. The third-order valence-electron chi connectivity index (χ3n) is 2.47. The van der Waals surface area contributed by atoms with Crippen LogP contribution >= 0.6 is 11.6 Å². The van der Waals surface area contributed by atoms with Crippen LogP contribution in [0.15, 0.2) is 12.1 Å². The molecule has 0 unspecified atom stereocenters. The second-order valence-electron chi connectivity index (χ2n) is 3.77. The standard InChI is InChI=1S/C12H15ClN2O/c1-8(5-6-16)15-11-4-3-10(7-14)12(13)9(11)2/h3-4,8,15-16H,5-6H2,1-2H3/t8-/m0/s1. The van der Waals surface area contributed by atoms with Crippen molar-refractivity contribution in [2.45, 2.75) is 26.3 Å². The van der Waals surface area contributed by atoms with E-state index in [2.05, 4.69) is 5.32 Å². The lowest BCUT2D eigenvalue weighted by molar-refractivity contribution is 0.282. The average molecular weight is 239 g/mol. The minimum absolute atomic E-state index is 0.150. The van der Waals surface area contributed by atoms with Crippen molar-refractivity contribution in [3.63, 3.8) is 0 Å². The molecule has 0 fully saturated rings. The van der Waals surface area contributed by atoms with Gasteiger partial charge in [0, 0.05) is 18.3 Å². The summed E-state index contributed by atoms with van der Waals surface area (Å²) in [5.41, 5.74) is 2.26. The zero-order chi connectivity index (χ0) is 12.1. The molecule has 0 spiro atoms. The Morgan fingerprint density at radius 1 is 1.56 bits per heavy atom. The molecule has 1 atom stereocenters. The van der Waals surface area contributed by atoms with E-state index < -0.39 is 0 Å². The lowest BCUT2D eigenvalue weighted by atomic mass is 10.1. The Morgan fingerprint density at radius 3 is 2.81 bits per heavy atom. The summed E-state index contributed by atoms with van der Waals surface area (Å²) in [7, 11) is 0. The fraction of sp³-hybridized carbons (Fsp3) is 0.417. The van der Waals surface area contributed by atoms with Crippen LogP contribution in [0.3, 0.4) is 0 Å². The molecule has 0 aliphatic carbocycles. The van der Waals surface area contributed by atoms with E-state index in [1.165, 1.54) is 0 Å². The highest BCUT2D eigenvalue weighted by molar-refractivity contribution is 6.32. The quantitative estimate of drug-likeness (QED) is 0.848. The molecule has 4 heteroatoms. The maximum Gasteiger partial charge on any atom is 0.101 e. The minimum atomic E-state index is 0.150. The van der Waals surface area contributed by atoms with Crippen LogP contribution in [-0.2, 0) is 0 Å². The summed E-state index contributed by atoms with van der Waals surface area (Å²) in [5.74, 6) is 0. The van der Waals surface area contributed by atoms with E-state index in [0.717, 1.165) is 11.3 Å². The van der Waals surface area contributed by atoms with Crippen molar-refractivity contribution in [3.8, 4) is 6.07 Å². The van der Waals surface area contributed by atoms with Crippen molar-refractivity contribution >= 4 is 17.3 Å². The molecule has 0 aliphatic rings. The van der Waals surface area contributed by atoms with Crippen molar-refractivity contribution in [2.24, 2.45) is 0 Å². The zero-order valence-corrected chi connectivity index (χ0v) is 10.2. The first-order valence-corrected chi connectivity index (χ1v) is 5.54. The van der Waals surface area contributed by atoms with Crippen LogP contribution in [0.2, 0.25) is 5.02 Å². The Morgan fingerprint density at radius 2 is 2.25 bits per heavy atom. The summed E-state index contributed by atoms with van der Waals surface area (Å²) < 4.78 is 0. The molecular formula is C12H15ClN2O. The van der Waals surface area contributed by atoms with Crippen LogP contribution in [0.4, 0.5) is 5.69 Å².